The minimum absolute atomic E-state index is 0.0199. The molecular weight excluding hydrogens is 148 g/mol. The zero-order chi connectivity index (χ0) is 9.24. The Hall–Kier alpha value is -0.0400. The van der Waals surface area contributed by atoms with Crippen LogP contribution in [0.1, 0.15) is 59.8 Å². The lowest BCUT2D eigenvalue weighted by Crippen LogP contribution is -2.38. The lowest BCUT2D eigenvalue weighted by atomic mass is 9.85. The first-order chi connectivity index (χ1) is 5.41. The van der Waals surface area contributed by atoms with Gasteiger partial charge in [-0.3, -0.25) is 0 Å². The second-order valence-corrected chi connectivity index (χ2v) is 5.23. The minimum Gasteiger partial charge on any atom is -0.370 e. The van der Waals surface area contributed by atoms with E-state index in [-0.39, 0.29) is 11.2 Å². The van der Waals surface area contributed by atoms with Gasteiger partial charge in [0, 0.05) is 0 Å². The summed E-state index contributed by atoms with van der Waals surface area (Å²) in [5.41, 5.74) is 0.183. The van der Waals surface area contributed by atoms with Crippen LogP contribution < -0.4 is 0 Å². The van der Waals surface area contributed by atoms with Crippen LogP contribution in [0.2, 0.25) is 0 Å². The van der Waals surface area contributed by atoms with Gasteiger partial charge in [-0.05, 0) is 40.5 Å². The zero-order valence-corrected chi connectivity index (χ0v) is 8.94. The first-order valence-corrected chi connectivity index (χ1v) is 5.12. The molecule has 0 aromatic heterocycles. The fraction of sp³-hybridized carbons (Fsp3) is 1.00. The minimum atomic E-state index is 0.0199. The van der Waals surface area contributed by atoms with Crippen molar-refractivity contribution in [1.29, 1.82) is 0 Å². The molecule has 1 heteroatoms. The van der Waals surface area contributed by atoms with Gasteiger partial charge in [-0.2, -0.15) is 0 Å². The third kappa shape index (κ3) is 3.14. The van der Waals surface area contributed by atoms with Crippen molar-refractivity contribution < 1.29 is 4.74 Å². The van der Waals surface area contributed by atoms with Crippen molar-refractivity contribution in [1.82, 2.24) is 0 Å². The molecule has 1 saturated carbocycles. The first kappa shape index (κ1) is 10.0. The third-order valence-corrected chi connectivity index (χ3v) is 2.46. The van der Waals surface area contributed by atoms with Crippen molar-refractivity contribution in [3.05, 3.63) is 0 Å². The summed E-state index contributed by atoms with van der Waals surface area (Å²) in [6.45, 7) is 8.70. The van der Waals surface area contributed by atoms with Crippen molar-refractivity contribution >= 4 is 0 Å². The van der Waals surface area contributed by atoms with Crippen LogP contribution in [0.3, 0.4) is 0 Å². The number of hydrogen-bond donors (Lipinski definition) is 0. The summed E-state index contributed by atoms with van der Waals surface area (Å²) in [5.74, 6) is 0. The Bertz CT molecular complexity index is 138. The van der Waals surface area contributed by atoms with Gasteiger partial charge in [0.05, 0.1) is 11.2 Å². The normalized spacial score (nSPS) is 24.0. The molecule has 1 rings (SSSR count). The second-order valence-electron chi connectivity index (χ2n) is 5.23. The maximum atomic E-state index is 6.07. The highest BCUT2D eigenvalue weighted by molar-refractivity contribution is 4.82. The summed E-state index contributed by atoms with van der Waals surface area (Å²) in [4.78, 5) is 0. The van der Waals surface area contributed by atoms with Crippen LogP contribution in [0.5, 0.6) is 0 Å². The lowest BCUT2D eigenvalue weighted by molar-refractivity contribution is -0.137. The second kappa shape index (κ2) is 3.37. The Morgan fingerprint density at radius 2 is 1.50 bits per heavy atom. The molecule has 0 radical (unpaired) electrons. The summed E-state index contributed by atoms with van der Waals surface area (Å²) in [6, 6.07) is 0. The van der Waals surface area contributed by atoms with Crippen LogP contribution in [-0.2, 0) is 4.74 Å². The Morgan fingerprint density at radius 3 is 1.92 bits per heavy atom. The van der Waals surface area contributed by atoms with Crippen LogP contribution in [0.15, 0.2) is 0 Å². The monoisotopic (exact) mass is 170 g/mol. The van der Waals surface area contributed by atoms with E-state index in [0.29, 0.717) is 0 Å². The summed E-state index contributed by atoms with van der Waals surface area (Å²) in [5, 5.41) is 0. The van der Waals surface area contributed by atoms with E-state index in [1.165, 1.54) is 32.1 Å². The molecule has 0 bridgehead atoms. The van der Waals surface area contributed by atoms with Gasteiger partial charge in [0.15, 0.2) is 0 Å². The molecular formula is C11H22O. The predicted molar refractivity (Wildman–Crippen MR) is 52.3 cm³/mol. The Balaban J connectivity index is 2.47. The van der Waals surface area contributed by atoms with E-state index in [4.69, 9.17) is 4.74 Å². The average Bonchev–Trinajstić information content (AvgIpc) is 1.83. The van der Waals surface area contributed by atoms with Crippen LogP contribution in [-0.4, -0.2) is 11.2 Å². The smallest absolute Gasteiger partial charge is 0.0661 e. The molecule has 1 nitrogen and oxygen atoms in total. The third-order valence-electron chi connectivity index (χ3n) is 2.46. The average molecular weight is 170 g/mol. The van der Waals surface area contributed by atoms with Gasteiger partial charge in [0.1, 0.15) is 0 Å². The molecule has 0 heterocycles. The SMILES string of the molecule is CC(C)(C)OC1(C)CCCCC1. The van der Waals surface area contributed by atoms with Crippen LogP contribution in [0, 0.1) is 0 Å². The number of ether oxygens (including phenoxy) is 1. The van der Waals surface area contributed by atoms with Crippen molar-refractivity contribution in [3.63, 3.8) is 0 Å². The van der Waals surface area contributed by atoms with E-state index in [1.54, 1.807) is 0 Å². The largest absolute Gasteiger partial charge is 0.370 e. The molecule has 1 aliphatic carbocycles. The molecule has 0 aromatic carbocycles. The maximum Gasteiger partial charge on any atom is 0.0661 e. The van der Waals surface area contributed by atoms with Gasteiger partial charge in [-0.15, -0.1) is 0 Å². The summed E-state index contributed by atoms with van der Waals surface area (Å²) in [6.07, 6.45) is 6.55. The van der Waals surface area contributed by atoms with Crippen molar-refractivity contribution in [2.75, 3.05) is 0 Å². The van der Waals surface area contributed by atoms with E-state index in [1.807, 2.05) is 0 Å². The highest BCUT2D eigenvalue weighted by atomic mass is 16.5. The Kier molecular flexibility index (Phi) is 2.82. The molecule has 12 heavy (non-hydrogen) atoms. The van der Waals surface area contributed by atoms with Crippen LogP contribution >= 0.6 is 0 Å². The standard InChI is InChI=1S/C11H22O/c1-10(2,3)12-11(4)8-6-5-7-9-11/h5-9H2,1-4H3. The molecule has 72 valence electrons. The molecule has 0 aliphatic heterocycles. The highest BCUT2D eigenvalue weighted by Crippen LogP contribution is 2.34. The van der Waals surface area contributed by atoms with Crippen LogP contribution in [0.4, 0.5) is 0 Å². The molecule has 1 aliphatic rings. The van der Waals surface area contributed by atoms with E-state index >= 15 is 0 Å². The van der Waals surface area contributed by atoms with Gasteiger partial charge >= 0.3 is 0 Å². The maximum absolute atomic E-state index is 6.07. The van der Waals surface area contributed by atoms with Gasteiger partial charge in [0.2, 0.25) is 0 Å². The highest BCUT2D eigenvalue weighted by Gasteiger charge is 2.31. The van der Waals surface area contributed by atoms with E-state index in [0.717, 1.165) is 0 Å². The summed E-state index contributed by atoms with van der Waals surface area (Å²) >= 11 is 0. The topological polar surface area (TPSA) is 9.23 Å². The molecule has 0 saturated heterocycles. The molecule has 0 amide bonds. The first-order valence-electron chi connectivity index (χ1n) is 5.12. The van der Waals surface area contributed by atoms with Gasteiger partial charge in [-0.1, -0.05) is 19.3 Å². The van der Waals surface area contributed by atoms with Gasteiger partial charge in [-0.25, -0.2) is 0 Å². The van der Waals surface area contributed by atoms with E-state index in [2.05, 4.69) is 27.7 Å². The fourth-order valence-electron chi connectivity index (χ4n) is 2.14. The molecule has 1 fully saturated rings. The predicted octanol–water partition coefficient (Wildman–Crippen LogP) is 3.52. The van der Waals surface area contributed by atoms with Gasteiger partial charge < -0.3 is 4.74 Å². The molecule has 0 N–H and O–H groups in total. The quantitative estimate of drug-likeness (QED) is 0.585. The van der Waals surface area contributed by atoms with E-state index in [9.17, 15) is 0 Å². The summed E-state index contributed by atoms with van der Waals surface area (Å²) < 4.78 is 6.07. The number of hydrogen-bond acceptors (Lipinski definition) is 1. The fourth-order valence-corrected chi connectivity index (χ4v) is 2.14. The Labute approximate surface area is 76.5 Å². The van der Waals surface area contributed by atoms with Crippen molar-refractivity contribution in [2.45, 2.75) is 71.0 Å². The Morgan fingerprint density at radius 1 is 1.00 bits per heavy atom. The lowest BCUT2D eigenvalue weighted by Gasteiger charge is -2.39. The number of rotatable bonds is 1. The molecule has 0 atom stereocenters. The molecule has 0 spiro atoms. The molecule has 0 unspecified atom stereocenters. The van der Waals surface area contributed by atoms with Crippen LogP contribution in [0.25, 0.3) is 0 Å². The summed E-state index contributed by atoms with van der Waals surface area (Å²) in [7, 11) is 0. The van der Waals surface area contributed by atoms with Gasteiger partial charge in [0.25, 0.3) is 0 Å². The van der Waals surface area contributed by atoms with Crippen molar-refractivity contribution in [2.24, 2.45) is 0 Å². The zero-order valence-electron chi connectivity index (χ0n) is 8.94. The molecule has 0 aromatic rings. The van der Waals surface area contributed by atoms with Crippen molar-refractivity contribution in [3.8, 4) is 0 Å². The van der Waals surface area contributed by atoms with E-state index < -0.39 is 0 Å².